The van der Waals surface area contributed by atoms with Gasteiger partial charge < -0.3 is 5.11 Å². The van der Waals surface area contributed by atoms with Gasteiger partial charge in [0.25, 0.3) is 10.0 Å². The van der Waals surface area contributed by atoms with E-state index in [4.69, 9.17) is 5.11 Å². The summed E-state index contributed by atoms with van der Waals surface area (Å²) in [6, 6.07) is 15.1. The molecule has 0 radical (unpaired) electrons. The van der Waals surface area contributed by atoms with E-state index in [2.05, 4.69) is 0 Å². The van der Waals surface area contributed by atoms with Gasteiger partial charge in [-0.25, -0.2) is 17.2 Å². The van der Waals surface area contributed by atoms with Gasteiger partial charge in [-0.3, -0.25) is 0 Å². The molecule has 3 aromatic rings. The van der Waals surface area contributed by atoms with Crippen LogP contribution in [-0.4, -0.2) is 23.5 Å². The average Bonchev–Trinajstić information content (AvgIpc) is 2.95. The maximum atomic E-state index is 12.9. The standard InChI is InChI=1S/C18H15NO4S/c1-13(18(20)21)11-14-12-19(17-10-6-5-9-16(14)17)24(22,23)15-7-3-2-4-8-15/h2-12H,1H3,(H,20,21)/b13-11+. The molecule has 5 nitrogen and oxygen atoms in total. The van der Waals surface area contributed by atoms with E-state index in [1.165, 1.54) is 35.3 Å². The first-order valence-electron chi connectivity index (χ1n) is 7.23. The average molecular weight is 341 g/mol. The minimum Gasteiger partial charge on any atom is -0.478 e. The smallest absolute Gasteiger partial charge is 0.331 e. The Morgan fingerprint density at radius 1 is 1.04 bits per heavy atom. The lowest BCUT2D eigenvalue weighted by Gasteiger charge is -2.07. The fourth-order valence-corrected chi connectivity index (χ4v) is 3.89. The number of hydrogen-bond acceptors (Lipinski definition) is 3. The highest BCUT2D eigenvalue weighted by Gasteiger charge is 2.20. The third kappa shape index (κ3) is 2.72. The minimum absolute atomic E-state index is 0.134. The number of carboxylic acids is 1. The lowest BCUT2D eigenvalue weighted by molar-refractivity contribution is -0.132. The number of fused-ring (bicyclic) bond motifs is 1. The number of benzene rings is 2. The lowest BCUT2D eigenvalue weighted by atomic mass is 10.1. The maximum Gasteiger partial charge on any atom is 0.331 e. The summed E-state index contributed by atoms with van der Waals surface area (Å²) in [5.41, 5.74) is 1.19. The molecule has 3 rings (SSSR count). The molecule has 0 atom stereocenters. The summed E-state index contributed by atoms with van der Waals surface area (Å²) in [6.07, 6.45) is 2.93. The first-order valence-corrected chi connectivity index (χ1v) is 8.67. The highest BCUT2D eigenvalue weighted by molar-refractivity contribution is 7.90. The van der Waals surface area contributed by atoms with Crippen molar-refractivity contribution in [2.45, 2.75) is 11.8 Å². The van der Waals surface area contributed by atoms with Crippen molar-refractivity contribution in [1.82, 2.24) is 3.97 Å². The molecule has 122 valence electrons. The van der Waals surface area contributed by atoms with Crippen LogP contribution in [0.25, 0.3) is 17.0 Å². The second-order valence-corrected chi connectivity index (χ2v) is 7.16. The van der Waals surface area contributed by atoms with Crippen LogP contribution in [-0.2, 0) is 14.8 Å². The van der Waals surface area contributed by atoms with Gasteiger partial charge in [0.2, 0.25) is 0 Å². The molecule has 24 heavy (non-hydrogen) atoms. The molecule has 0 spiro atoms. The fourth-order valence-electron chi connectivity index (χ4n) is 2.49. The van der Waals surface area contributed by atoms with E-state index < -0.39 is 16.0 Å². The Kier molecular flexibility index (Phi) is 3.99. The van der Waals surface area contributed by atoms with E-state index in [-0.39, 0.29) is 10.5 Å². The van der Waals surface area contributed by atoms with Crippen LogP contribution in [0.2, 0.25) is 0 Å². The van der Waals surface area contributed by atoms with Crippen molar-refractivity contribution in [3.8, 4) is 0 Å². The third-order valence-corrected chi connectivity index (χ3v) is 5.41. The van der Waals surface area contributed by atoms with Gasteiger partial charge in [0, 0.05) is 22.7 Å². The second kappa shape index (κ2) is 5.98. The molecule has 0 bridgehead atoms. The number of aromatic nitrogens is 1. The molecular formula is C18H15NO4S. The molecule has 6 heteroatoms. The lowest BCUT2D eigenvalue weighted by Crippen LogP contribution is -2.11. The molecule has 1 N–H and O–H groups in total. The number of nitrogens with zero attached hydrogens (tertiary/aromatic N) is 1. The number of rotatable bonds is 4. The summed E-state index contributed by atoms with van der Waals surface area (Å²) in [5.74, 6) is -1.04. The molecule has 0 aliphatic carbocycles. The molecule has 0 unspecified atom stereocenters. The number of hydrogen-bond donors (Lipinski definition) is 1. The van der Waals surface area contributed by atoms with Crippen LogP contribution in [0.1, 0.15) is 12.5 Å². The van der Waals surface area contributed by atoms with Crippen molar-refractivity contribution in [2.75, 3.05) is 0 Å². The molecule has 0 saturated carbocycles. The van der Waals surface area contributed by atoms with Crippen LogP contribution in [0.15, 0.2) is 71.3 Å². The molecule has 2 aromatic carbocycles. The number of para-hydroxylation sites is 1. The molecule has 1 heterocycles. The van der Waals surface area contributed by atoms with Crippen LogP contribution in [0.5, 0.6) is 0 Å². The summed E-state index contributed by atoms with van der Waals surface area (Å²) in [5, 5.41) is 9.75. The van der Waals surface area contributed by atoms with Crippen molar-refractivity contribution >= 4 is 33.0 Å². The Bertz CT molecular complexity index is 1050. The molecule has 0 saturated heterocycles. The Morgan fingerprint density at radius 2 is 1.67 bits per heavy atom. The van der Waals surface area contributed by atoms with Gasteiger partial charge in [0.05, 0.1) is 10.4 Å². The molecule has 0 aliphatic heterocycles. The topological polar surface area (TPSA) is 76.4 Å². The highest BCUT2D eigenvalue weighted by atomic mass is 32.2. The second-order valence-electron chi connectivity index (χ2n) is 5.35. The van der Waals surface area contributed by atoms with Crippen molar-refractivity contribution < 1.29 is 18.3 Å². The summed E-state index contributed by atoms with van der Waals surface area (Å²) in [7, 11) is -3.76. The monoisotopic (exact) mass is 341 g/mol. The molecule has 0 aliphatic rings. The van der Waals surface area contributed by atoms with Crippen LogP contribution < -0.4 is 0 Å². The predicted octanol–water partition coefficient (Wildman–Crippen LogP) is 3.37. The highest BCUT2D eigenvalue weighted by Crippen LogP contribution is 2.27. The molecule has 1 aromatic heterocycles. The number of carbonyl (C=O) groups is 1. The zero-order chi connectivity index (χ0) is 17.3. The zero-order valence-corrected chi connectivity index (χ0v) is 13.7. The maximum absolute atomic E-state index is 12.9. The van der Waals surface area contributed by atoms with E-state index in [1.54, 1.807) is 42.5 Å². The Hall–Kier alpha value is -2.86. The van der Waals surface area contributed by atoms with Gasteiger partial charge >= 0.3 is 5.97 Å². The van der Waals surface area contributed by atoms with Crippen LogP contribution in [0.3, 0.4) is 0 Å². The van der Waals surface area contributed by atoms with E-state index in [1.807, 2.05) is 0 Å². The van der Waals surface area contributed by atoms with E-state index in [9.17, 15) is 13.2 Å². The first kappa shape index (κ1) is 16.0. The van der Waals surface area contributed by atoms with Crippen molar-refractivity contribution in [1.29, 1.82) is 0 Å². The Morgan fingerprint density at radius 3 is 2.33 bits per heavy atom. The van der Waals surface area contributed by atoms with Gasteiger partial charge in [-0.2, -0.15) is 0 Å². The quantitative estimate of drug-likeness (QED) is 0.738. The van der Waals surface area contributed by atoms with Crippen molar-refractivity contribution in [3.05, 3.63) is 71.9 Å². The van der Waals surface area contributed by atoms with Gasteiger partial charge in [-0.15, -0.1) is 0 Å². The van der Waals surface area contributed by atoms with E-state index >= 15 is 0 Å². The SMILES string of the molecule is C/C(=C\c1cn(S(=O)(=O)c2ccccc2)c2ccccc12)C(=O)O. The normalized spacial score (nSPS) is 12.5. The zero-order valence-electron chi connectivity index (χ0n) is 12.9. The molecular weight excluding hydrogens is 326 g/mol. The van der Waals surface area contributed by atoms with Crippen LogP contribution in [0, 0.1) is 0 Å². The van der Waals surface area contributed by atoms with Crippen LogP contribution in [0.4, 0.5) is 0 Å². The fraction of sp³-hybridized carbons (Fsp3) is 0.0556. The largest absolute Gasteiger partial charge is 0.478 e. The van der Waals surface area contributed by atoms with Gasteiger partial charge in [-0.1, -0.05) is 36.4 Å². The molecule has 0 fully saturated rings. The number of aliphatic carboxylic acids is 1. The van der Waals surface area contributed by atoms with Gasteiger partial charge in [0.1, 0.15) is 0 Å². The summed E-state index contributed by atoms with van der Waals surface area (Å²) < 4.78 is 27.0. The van der Waals surface area contributed by atoms with Crippen molar-refractivity contribution in [3.63, 3.8) is 0 Å². The van der Waals surface area contributed by atoms with Gasteiger partial charge in [-0.05, 0) is 31.2 Å². The summed E-state index contributed by atoms with van der Waals surface area (Å²) in [6.45, 7) is 1.47. The van der Waals surface area contributed by atoms with E-state index in [0.29, 0.717) is 16.5 Å². The Balaban J connectivity index is 2.28. The predicted molar refractivity (Wildman–Crippen MR) is 92.3 cm³/mol. The molecule has 0 amide bonds. The van der Waals surface area contributed by atoms with Gasteiger partial charge in [0.15, 0.2) is 0 Å². The van der Waals surface area contributed by atoms with Crippen molar-refractivity contribution in [2.24, 2.45) is 0 Å². The Labute approximate surface area is 139 Å². The van der Waals surface area contributed by atoms with E-state index in [0.717, 1.165) is 0 Å². The summed E-state index contributed by atoms with van der Waals surface area (Å²) >= 11 is 0. The summed E-state index contributed by atoms with van der Waals surface area (Å²) in [4.78, 5) is 11.2. The third-order valence-electron chi connectivity index (χ3n) is 3.72. The first-order chi connectivity index (χ1) is 11.4. The van der Waals surface area contributed by atoms with Crippen LogP contribution >= 0.6 is 0 Å². The number of carboxylic acid groups (broad SMARTS) is 1. The minimum atomic E-state index is -3.76.